The third-order valence-electron chi connectivity index (χ3n) is 8.27. The van der Waals surface area contributed by atoms with Crippen molar-refractivity contribution in [1.82, 2.24) is 25.2 Å². The van der Waals surface area contributed by atoms with Gasteiger partial charge in [0.15, 0.2) is 5.82 Å². The van der Waals surface area contributed by atoms with Crippen molar-refractivity contribution < 1.29 is 13.5 Å². The summed E-state index contributed by atoms with van der Waals surface area (Å²) < 4.78 is 33.9. The van der Waals surface area contributed by atoms with Gasteiger partial charge in [-0.15, -0.1) is 6.42 Å². The second kappa shape index (κ2) is 11.6. The summed E-state index contributed by atoms with van der Waals surface area (Å²) in [6.45, 7) is 6.27. The molecule has 2 aromatic heterocycles. The van der Waals surface area contributed by atoms with Crippen LogP contribution in [0, 0.1) is 18.2 Å². The molecule has 5 heterocycles. The standard InChI is InChI=1S/C25H22FN5O.C7H12FN/c1-4-16-7-5-8-17-9-6-10-18(20(16)17)22-21(26)23-19(13-28-22)24(30-25(29-23)32-3)31-12-11-27-15(2)14-31;8-6-4-7-2-1-3-9(7)5-6/h1,5-10,13,15,27H,11-12,14H2,2-3H3;6-7H,1-5H2. The first-order valence-corrected chi connectivity index (χ1v) is 14.2. The molecule has 0 amide bonds. The lowest BCUT2D eigenvalue weighted by Crippen LogP contribution is -2.49. The van der Waals surface area contributed by atoms with Crippen molar-refractivity contribution in [3.05, 3.63) is 54.0 Å². The fraction of sp³-hybridized carbons (Fsp3) is 0.406. The molecule has 41 heavy (non-hydrogen) atoms. The molecule has 0 radical (unpaired) electrons. The van der Waals surface area contributed by atoms with E-state index in [0.29, 0.717) is 34.9 Å². The maximum atomic E-state index is 16.0. The second-order valence-corrected chi connectivity index (χ2v) is 11.0. The van der Waals surface area contributed by atoms with Gasteiger partial charge >= 0.3 is 6.01 Å². The van der Waals surface area contributed by atoms with Crippen LogP contribution in [0.15, 0.2) is 42.6 Å². The minimum absolute atomic E-state index is 0.122. The molecule has 7 nitrogen and oxygen atoms in total. The Morgan fingerprint density at radius 2 is 1.95 bits per heavy atom. The summed E-state index contributed by atoms with van der Waals surface area (Å²) in [6, 6.07) is 12.4. The zero-order valence-electron chi connectivity index (χ0n) is 23.4. The maximum Gasteiger partial charge on any atom is 0.318 e. The summed E-state index contributed by atoms with van der Waals surface area (Å²) in [7, 11) is 1.48. The van der Waals surface area contributed by atoms with Crippen molar-refractivity contribution in [2.45, 2.75) is 44.4 Å². The molecule has 3 saturated heterocycles. The Bertz CT molecular complexity index is 1600. The molecule has 3 fully saturated rings. The maximum absolute atomic E-state index is 16.0. The summed E-state index contributed by atoms with van der Waals surface area (Å²) in [4.78, 5) is 17.8. The number of aromatic nitrogens is 3. The smallest absolute Gasteiger partial charge is 0.318 e. The molecule has 0 saturated carbocycles. The second-order valence-electron chi connectivity index (χ2n) is 11.0. The van der Waals surface area contributed by atoms with Gasteiger partial charge in [0.05, 0.1) is 12.5 Å². The Kier molecular flexibility index (Phi) is 7.69. The molecule has 3 aliphatic heterocycles. The number of fused-ring (bicyclic) bond motifs is 3. The predicted molar refractivity (Wildman–Crippen MR) is 159 cm³/mol. The number of terminal acetylenes is 1. The summed E-state index contributed by atoms with van der Waals surface area (Å²) in [6.07, 6.45) is 10.2. The Hall–Kier alpha value is -3.87. The highest BCUT2D eigenvalue weighted by Gasteiger charge is 2.34. The van der Waals surface area contributed by atoms with E-state index >= 15 is 4.39 Å². The average molecular weight is 557 g/mol. The van der Waals surface area contributed by atoms with Gasteiger partial charge in [-0.3, -0.25) is 9.88 Å². The van der Waals surface area contributed by atoms with Crippen LogP contribution in [-0.2, 0) is 0 Å². The Labute approximate surface area is 238 Å². The van der Waals surface area contributed by atoms with Gasteiger partial charge in [0, 0.05) is 61.0 Å². The first kappa shape index (κ1) is 27.3. The number of nitrogens with zero attached hydrogens (tertiary/aromatic N) is 5. The topological polar surface area (TPSA) is 66.4 Å². The van der Waals surface area contributed by atoms with Gasteiger partial charge < -0.3 is 15.0 Å². The van der Waals surface area contributed by atoms with Crippen LogP contribution in [-0.4, -0.2) is 77.9 Å². The largest absolute Gasteiger partial charge is 0.467 e. The highest BCUT2D eigenvalue weighted by atomic mass is 19.1. The first-order chi connectivity index (χ1) is 20.0. The van der Waals surface area contributed by atoms with Crippen molar-refractivity contribution in [3.8, 4) is 29.6 Å². The third-order valence-corrected chi connectivity index (χ3v) is 8.27. The Balaban J connectivity index is 0.000000283. The lowest BCUT2D eigenvalue weighted by molar-refractivity contribution is 0.292. The molecule has 2 aromatic carbocycles. The van der Waals surface area contributed by atoms with Gasteiger partial charge in [0.1, 0.15) is 23.2 Å². The monoisotopic (exact) mass is 556 g/mol. The van der Waals surface area contributed by atoms with Crippen LogP contribution in [0.3, 0.4) is 0 Å². The van der Waals surface area contributed by atoms with E-state index in [9.17, 15) is 4.39 Å². The fourth-order valence-electron chi connectivity index (χ4n) is 6.35. The van der Waals surface area contributed by atoms with Crippen molar-refractivity contribution in [2.75, 3.05) is 44.7 Å². The summed E-state index contributed by atoms with van der Waals surface area (Å²) in [5.41, 5.74) is 1.70. The number of alkyl halides is 1. The predicted octanol–water partition coefficient (Wildman–Crippen LogP) is 4.96. The van der Waals surface area contributed by atoms with Crippen LogP contribution in [0.25, 0.3) is 32.9 Å². The zero-order chi connectivity index (χ0) is 28.5. The van der Waals surface area contributed by atoms with Gasteiger partial charge in [0.2, 0.25) is 0 Å². The van der Waals surface area contributed by atoms with Crippen molar-refractivity contribution in [1.29, 1.82) is 0 Å². The van der Waals surface area contributed by atoms with Gasteiger partial charge in [-0.1, -0.05) is 36.3 Å². The highest BCUT2D eigenvalue weighted by molar-refractivity contribution is 6.02. The number of hydrogen-bond acceptors (Lipinski definition) is 7. The molecule has 7 rings (SSSR count). The number of nitrogens with one attached hydrogen (secondary N) is 1. The molecular formula is C32H34F2N6O. The molecule has 3 atom stereocenters. The van der Waals surface area contributed by atoms with Crippen molar-refractivity contribution in [3.63, 3.8) is 0 Å². The van der Waals surface area contributed by atoms with Crippen LogP contribution in [0.5, 0.6) is 6.01 Å². The third kappa shape index (κ3) is 5.30. The van der Waals surface area contributed by atoms with Crippen LogP contribution < -0.4 is 15.0 Å². The van der Waals surface area contributed by atoms with E-state index in [1.807, 2.05) is 36.4 Å². The average Bonchev–Trinajstić information content (AvgIpc) is 3.57. The number of hydrogen-bond donors (Lipinski definition) is 1. The molecule has 3 aliphatic rings. The van der Waals surface area contributed by atoms with Crippen LogP contribution in [0.4, 0.5) is 14.6 Å². The van der Waals surface area contributed by atoms with Crippen molar-refractivity contribution in [2.24, 2.45) is 0 Å². The van der Waals surface area contributed by atoms with E-state index < -0.39 is 12.0 Å². The van der Waals surface area contributed by atoms with Crippen LogP contribution >= 0.6 is 0 Å². The summed E-state index contributed by atoms with van der Waals surface area (Å²) in [5, 5.41) is 5.68. The Morgan fingerprint density at radius 3 is 2.71 bits per heavy atom. The van der Waals surface area contributed by atoms with E-state index in [1.165, 1.54) is 20.0 Å². The number of benzene rings is 2. The number of methoxy groups -OCH3 is 1. The Morgan fingerprint density at radius 1 is 1.12 bits per heavy atom. The highest BCUT2D eigenvalue weighted by Crippen LogP contribution is 2.36. The van der Waals surface area contributed by atoms with Crippen LogP contribution in [0.2, 0.25) is 0 Å². The van der Waals surface area contributed by atoms with E-state index in [4.69, 9.17) is 11.2 Å². The van der Waals surface area contributed by atoms with E-state index in [2.05, 4.69) is 42.9 Å². The molecule has 1 N–H and O–H groups in total. The van der Waals surface area contributed by atoms with Gasteiger partial charge in [-0.25, -0.2) is 8.78 Å². The number of piperazine rings is 1. The van der Waals surface area contributed by atoms with Gasteiger partial charge in [0.25, 0.3) is 0 Å². The molecule has 9 heteroatoms. The minimum Gasteiger partial charge on any atom is -0.467 e. The first-order valence-electron chi connectivity index (χ1n) is 14.2. The lowest BCUT2D eigenvalue weighted by Gasteiger charge is -2.33. The number of rotatable bonds is 3. The van der Waals surface area contributed by atoms with E-state index in [1.54, 1.807) is 6.20 Å². The number of halogens is 2. The minimum atomic E-state index is -0.521. The number of ether oxygens (including phenoxy) is 1. The summed E-state index contributed by atoms with van der Waals surface area (Å²) >= 11 is 0. The quantitative estimate of drug-likeness (QED) is 0.358. The zero-order valence-corrected chi connectivity index (χ0v) is 23.4. The van der Waals surface area contributed by atoms with Gasteiger partial charge in [-0.05, 0) is 44.2 Å². The molecule has 4 aromatic rings. The number of anilines is 1. The molecule has 0 spiro atoms. The van der Waals surface area contributed by atoms with Crippen LogP contribution in [0.1, 0.15) is 31.7 Å². The fourth-order valence-corrected chi connectivity index (χ4v) is 6.35. The van der Waals surface area contributed by atoms with Crippen molar-refractivity contribution >= 4 is 27.5 Å². The van der Waals surface area contributed by atoms with E-state index in [-0.39, 0.29) is 23.3 Å². The molecular weight excluding hydrogens is 522 g/mol. The SMILES string of the molecule is C#Cc1cccc2cccc(-c3ncc4c(N5CCNC(C)C5)nc(OC)nc4c3F)c12.FC1CC2CCCN2C1. The lowest BCUT2D eigenvalue weighted by atomic mass is 9.97. The molecule has 212 valence electrons. The molecule has 3 unspecified atom stereocenters. The number of pyridine rings is 1. The summed E-state index contributed by atoms with van der Waals surface area (Å²) in [5.74, 6) is 2.81. The van der Waals surface area contributed by atoms with E-state index in [0.717, 1.165) is 43.4 Å². The normalized spacial score (nSPS) is 22.3. The van der Waals surface area contributed by atoms with Gasteiger partial charge in [-0.2, -0.15) is 9.97 Å². The molecule has 0 aliphatic carbocycles. The molecule has 0 bridgehead atoms.